The molecule has 1 amide bonds. The van der Waals surface area contributed by atoms with Crippen molar-refractivity contribution in [2.24, 2.45) is 5.92 Å². The molecular weight excluding hydrogens is 512 g/mol. The Hall–Kier alpha value is -3.62. The average Bonchev–Trinajstić information content (AvgIpc) is 3.33. The lowest BCUT2D eigenvalue weighted by Crippen LogP contribution is -2.24. The van der Waals surface area contributed by atoms with Crippen molar-refractivity contribution in [3.8, 4) is 11.4 Å². The van der Waals surface area contributed by atoms with E-state index in [9.17, 15) is 22.9 Å². The highest BCUT2D eigenvalue weighted by atomic mass is 32.2. The van der Waals surface area contributed by atoms with Gasteiger partial charge in [-0.1, -0.05) is 49.6 Å². The van der Waals surface area contributed by atoms with Gasteiger partial charge in [-0.3, -0.25) is 9.35 Å². The second-order valence-corrected chi connectivity index (χ2v) is 11.8. The fourth-order valence-corrected chi connectivity index (χ4v) is 6.32. The molecule has 1 heterocycles. The number of benzene rings is 3. The minimum atomic E-state index is -4.66. The van der Waals surface area contributed by atoms with Crippen LogP contribution in [0, 0.1) is 12.8 Å². The van der Waals surface area contributed by atoms with Crippen LogP contribution in [-0.2, 0) is 27.8 Å². The highest BCUT2D eigenvalue weighted by Crippen LogP contribution is 2.38. The van der Waals surface area contributed by atoms with Gasteiger partial charge in [-0.2, -0.15) is 8.42 Å². The zero-order chi connectivity index (χ0) is 27.6. The molecule has 1 aliphatic rings. The van der Waals surface area contributed by atoms with Crippen molar-refractivity contribution >= 4 is 32.6 Å². The van der Waals surface area contributed by atoms with E-state index in [1.54, 1.807) is 10.8 Å². The van der Waals surface area contributed by atoms with Gasteiger partial charge in [0.25, 0.3) is 10.1 Å². The minimum absolute atomic E-state index is 0.0436. The van der Waals surface area contributed by atoms with E-state index in [0.29, 0.717) is 17.8 Å². The van der Waals surface area contributed by atoms with Crippen LogP contribution < -0.4 is 5.32 Å². The molecule has 1 fully saturated rings. The number of aromatic hydroxyl groups is 1. The third-order valence-corrected chi connectivity index (χ3v) is 8.67. The number of phenols is 1. The van der Waals surface area contributed by atoms with E-state index in [1.165, 1.54) is 18.1 Å². The van der Waals surface area contributed by atoms with Crippen LogP contribution in [0.2, 0.25) is 0 Å². The average molecular weight is 547 g/mol. The predicted octanol–water partition coefficient (Wildman–Crippen LogP) is 6.59. The van der Waals surface area contributed by atoms with E-state index in [1.807, 2.05) is 49.4 Å². The van der Waals surface area contributed by atoms with Gasteiger partial charge in [0.2, 0.25) is 5.91 Å². The van der Waals surface area contributed by atoms with Gasteiger partial charge in [0, 0.05) is 23.2 Å². The quantitative estimate of drug-likeness (QED) is 0.216. The van der Waals surface area contributed by atoms with E-state index in [-0.39, 0.29) is 11.8 Å². The first-order valence-corrected chi connectivity index (χ1v) is 15.0. The number of nitrogens with one attached hydrogen (secondary N) is 1. The molecule has 3 N–H and O–H groups in total. The Balaban J connectivity index is 1.47. The summed E-state index contributed by atoms with van der Waals surface area (Å²) in [5.41, 5.74) is 4.42. The van der Waals surface area contributed by atoms with Crippen molar-refractivity contribution in [2.75, 3.05) is 5.32 Å². The van der Waals surface area contributed by atoms with Gasteiger partial charge in [0.05, 0.1) is 11.2 Å². The van der Waals surface area contributed by atoms with Crippen LogP contribution in [-0.4, -0.2) is 28.6 Å². The summed E-state index contributed by atoms with van der Waals surface area (Å²) in [4.78, 5) is 12.2. The molecule has 1 aliphatic carbocycles. The largest absolute Gasteiger partial charge is 0.504 e. The Morgan fingerprint density at radius 1 is 1.00 bits per heavy atom. The second kappa shape index (κ2) is 11.2. The van der Waals surface area contributed by atoms with Crippen LogP contribution in [0.3, 0.4) is 0 Å². The molecule has 0 atom stereocenters. The van der Waals surface area contributed by atoms with Crippen LogP contribution in [0.4, 0.5) is 5.69 Å². The summed E-state index contributed by atoms with van der Waals surface area (Å²) in [6.45, 7) is 1.85. The van der Waals surface area contributed by atoms with Crippen molar-refractivity contribution in [1.29, 1.82) is 0 Å². The summed E-state index contributed by atoms with van der Waals surface area (Å²) in [6, 6.07) is 18.8. The molecule has 7 nitrogen and oxygen atoms in total. The summed E-state index contributed by atoms with van der Waals surface area (Å²) < 4.78 is 36.1. The van der Waals surface area contributed by atoms with Crippen molar-refractivity contribution in [2.45, 2.75) is 63.2 Å². The fraction of sp³-hybridized carbons (Fsp3) is 0.323. The van der Waals surface area contributed by atoms with E-state index < -0.39 is 20.8 Å². The molecule has 1 aromatic heterocycles. The number of fused-ring (bicyclic) bond motifs is 1. The molecule has 3 aromatic carbocycles. The molecule has 0 spiro atoms. The number of aryl methyl sites for hydroxylation is 2. The fourth-order valence-electron chi connectivity index (χ4n) is 5.68. The lowest BCUT2D eigenvalue weighted by atomic mass is 9.88. The lowest BCUT2D eigenvalue weighted by Gasteiger charge is -2.21. The molecule has 0 bridgehead atoms. The zero-order valence-electron chi connectivity index (χ0n) is 22.1. The molecule has 0 unspecified atom stereocenters. The van der Waals surface area contributed by atoms with Crippen molar-refractivity contribution < 1.29 is 22.9 Å². The summed E-state index contributed by atoms with van der Waals surface area (Å²) >= 11 is 0. The maximum absolute atomic E-state index is 12.7. The number of hydrogen-bond acceptors (Lipinski definition) is 4. The lowest BCUT2D eigenvalue weighted by molar-refractivity contribution is -0.120. The molecular formula is C31H34N2O5S. The van der Waals surface area contributed by atoms with Gasteiger partial charge in [-0.25, -0.2) is 0 Å². The van der Waals surface area contributed by atoms with E-state index >= 15 is 0 Å². The molecule has 0 saturated heterocycles. The topological polar surface area (TPSA) is 109 Å². The number of carbonyl (C=O) groups is 1. The molecule has 0 radical (unpaired) electrons. The highest BCUT2D eigenvalue weighted by molar-refractivity contribution is 7.86. The van der Waals surface area contributed by atoms with Gasteiger partial charge >= 0.3 is 0 Å². The normalized spacial score (nSPS) is 14.5. The van der Waals surface area contributed by atoms with Gasteiger partial charge in [0.15, 0.2) is 5.75 Å². The maximum Gasteiger partial charge on any atom is 0.298 e. The van der Waals surface area contributed by atoms with Gasteiger partial charge < -0.3 is 15.0 Å². The first-order chi connectivity index (χ1) is 18.7. The molecule has 0 aliphatic heterocycles. The van der Waals surface area contributed by atoms with Crippen molar-refractivity contribution in [1.82, 2.24) is 4.57 Å². The number of aromatic nitrogens is 1. The molecule has 5 rings (SSSR count). The van der Waals surface area contributed by atoms with Crippen LogP contribution in [0.15, 0.2) is 71.8 Å². The van der Waals surface area contributed by atoms with Gasteiger partial charge in [0.1, 0.15) is 4.90 Å². The molecule has 39 heavy (non-hydrogen) atoms. The number of phenolic OH excluding ortho intramolecular Hbond substituents is 1. The molecule has 4 aromatic rings. The summed E-state index contributed by atoms with van der Waals surface area (Å²) in [6.07, 6.45) is 9.12. The number of rotatable bonds is 8. The smallest absolute Gasteiger partial charge is 0.298 e. The first kappa shape index (κ1) is 27.0. The second-order valence-electron chi connectivity index (χ2n) is 10.5. The molecule has 204 valence electrons. The highest BCUT2D eigenvalue weighted by Gasteiger charge is 2.25. The third kappa shape index (κ3) is 5.87. The van der Waals surface area contributed by atoms with Crippen LogP contribution in [0.5, 0.6) is 5.75 Å². The van der Waals surface area contributed by atoms with E-state index in [0.717, 1.165) is 60.6 Å². The standard InChI is InChI=1S/C31H34N2O5S/c1-21-24(14-8-11-22-9-4-2-5-10-22)20-28(39(36,37)38)30(34)29(21)33-18-17-25-19-26(15-16-27(25)33)32-31(35)23-12-6-3-7-13-23/h2,4-5,9-10,15-20,23,34H,3,6-8,11-14H2,1H3,(H,32,35)(H,36,37,38). The van der Waals surface area contributed by atoms with Gasteiger partial charge in [-0.15, -0.1) is 0 Å². The zero-order valence-corrected chi connectivity index (χ0v) is 22.9. The number of hydrogen-bond donors (Lipinski definition) is 3. The Morgan fingerprint density at radius 3 is 2.46 bits per heavy atom. The third-order valence-electron chi connectivity index (χ3n) is 7.81. The molecule has 1 saturated carbocycles. The number of carbonyl (C=O) groups excluding carboxylic acids is 1. The Kier molecular flexibility index (Phi) is 7.77. The SMILES string of the molecule is Cc1c(CCCc2ccccc2)cc(S(=O)(=O)O)c(O)c1-n1ccc2cc(NC(=O)C3CCCCC3)ccc21. The number of amides is 1. The van der Waals surface area contributed by atoms with Crippen molar-refractivity contribution in [3.63, 3.8) is 0 Å². The maximum atomic E-state index is 12.7. The van der Waals surface area contributed by atoms with Crippen LogP contribution in [0.25, 0.3) is 16.6 Å². The van der Waals surface area contributed by atoms with Crippen molar-refractivity contribution in [3.05, 3.63) is 83.6 Å². The molecule has 8 heteroatoms. The number of anilines is 1. The summed E-state index contributed by atoms with van der Waals surface area (Å²) in [5, 5.41) is 14.9. The Labute approximate surface area is 229 Å². The van der Waals surface area contributed by atoms with E-state index in [4.69, 9.17) is 0 Å². The Morgan fingerprint density at radius 2 is 1.74 bits per heavy atom. The summed E-state index contributed by atoms with van der Waals surface area (Å²) in [5.74, 6) is -0.404. The van der Waals surface area contributed by atoms with Crippen LogP contribution in [0.1, 0.15) is 55.2 Å². The first-order valence-electron chi connectivity index (χ1n) is 13.5. The Bertz CT molecular complexity index is 1600. The van der Waals surface area contributed by atoms with Gasteiger partial charge in [-0.05, 0) is 86.1 Å². The number of nitrogens with zero attached hydrogens (tertiary/aromatic N) is 1. The van der Waals surface area contributed by atoms with E-state index in [2.05, 4.69) is 17.4 Å². The monoisotopic (exact) mass is 546 g/mol. The summed E-state index contributed by atoms with van der Waals surface area (Å²) in [7, 11) is -4.66. The minimum Gasteiger partial charge on any atom is -0.504 e. The van der Waals surface area contributed by atoms with Crippen LogP contribution >= 0.6 is 0 Å². The predicted molar refractivity (Wildman–Crippen MR) is 153 cm³/mol.